The van der Waals surface area contributed by atoms with Gasteiger partial charge in [0, 0.05) is 16.2 Å². The lowest BCUT2D eigenvalue weighted by Crippen LogP contribution is -2.23. The van der Waals surface area contributed by atoms with E-state index in [4.69, 9.17) is 18.9 Å². The fourth-order valence-corrected chi connectivity index (χ4v) is 11.4. The van der Waals surface area contributed by atoms with Gasteiger partial charge >= 0.3 is 0 Å². The van der Waals surface area contributed by atoms with E-state index in [1.54, 1.807) is 0 Å². The molecule has 0 N–H and O–H groups in total. The Morgan fingerprint density at radius 2 is 0.535 bits per heavy atom. The van der Waals surface area contributed by atoms with E-state index < -0.39 is 0 Å². The summed E-state index contributed by atoms with van der Waals surface area (Å²) in [5.74, 6) is 4.98. The Morgan fingerprint density at radius 1 is 0.324 bits per heavy atom. The Labute approximate surface area is 429 Å². The summed E-state index contributed by atoms with van der Waals surface area (Å²) in [7, 11) is 0. The number of aryl methyl sites for hydroxylation is 2. The van der Waals surface area contributed by atoms with Gasteiger partial charge in [-0.15, -0.1) is 0 Å². The third-order valence-corrected chi connectivity index (χ3v) is 15.3. The summed E-state index contributed by atoms with van der Waals surface area (Å²) in [4.78, 5) is 0. The number of rotatable bonds is 18. The van der Waals surface area contributed by atoms with Crippen molar-refractivity contribution < 1.29 is 18.9 Å². The van der Waals surface area contributed by atoms with E-state index in [0.29, 0.717) is 11.8 Å². The fourth-order valence-electron chi connectivity index (χ4n) is 11.4. The summed E-state index contributed by atoms with van der Waals surface area (Å²) in [6.45, 7) is 20.4. The van der Waals surface area contributed by atoms with Gasteiger partial charge in [0.05, 0.1) is 26.4 Å². The lowest BCUT2D eigenvalue weighted by atomic mass is 9.73. The summed E-state index contributed by atoms with van der Waals surface area (Å²) in [5.41, 5.74) is 11.9. The normalized spacial score (nSPS) is 16.4. The minimum absolute atomic E-state index is 0.132. The van der Waals surface area contributed by atoms with Crippen molar-refractivity contribution in [2.24, 2.45) is 11.8 Å². The summed E-state index contributed by atoms with van der Waals surface area (Å²) in [6.07, 6.45) is 17.4. The summed E-state index contributed by atoms with van der Waals surface area (Å²) in [6, 6.07) is 53.5. The Hall–Kier alpha value is -5.48. The molecule has 0 unspecified atom stereocenters. The zero-order chi connectivity index (χ0) is 50.1. The van der Waals surface area contributed by atoms with E-state index in [2.05, 4.69) is 201 Å². The Kier molecular flexibility index (Phi) is 19.3. The highest BCUT2D eigenvalue weighted by Gasteiger charge is 2.39. The molecule has 4 heteroatoms. The average Bonchev–Trinajstić information content (AvgIpc) is 4.22. The predicted molar refractivity (Wildman–Crippen MR) is 298 cm³/mol. The maximum Gasteiger partial charge on any atom is 0.119 e. The highest BCUT2D eigenvalue weighted by atomic mass is 16.5. The van der Waals surface area contributed by atoms with E-state index in [1.807, 2.05) is 0 Å². The van der Waals surface area contributed by atoms with E-state index >= 15 is 0 Å². The summed E-state index contributed by atoms with van der Waals surface area (Å²) in [5, 5.41) is 0. The summed E-state index contributed by atoms with van der Waals surface area (Å²) < 4.78 is 23.2. The van der Waals surface area contributed by atoms with Crippen LogP contribution in [-0.2, 0) is 16.2 Å². The van der Waals surface area contributed by atoms with Gasteiger partial charge in [0.1, 0.15) is 23.0 Å². The molecule has 0 aromatic heterocycles. The van der Waals surface area contributed by atoms with Crippen molar-refractivity contribution in [3.05, 3.63) is 190 Å². The Balaban J connectivity index is 0.000000159. The second-order valence-corrected chi connectivity index (χ2v) is 21.8. The highest BCUT2D eigenvalue weighted by molar-refractivity contribution is 5.46. The van der Waals surface area contributed by atoms with Gasteiger partial charge in [0.15, 0.2) is 0 Å². The van der Waals surface area contributed by atoms with Gasteiger partial charge < -0.3 is 18.9 Å². The van der Waals surface area contributed by atoms with Crippen molar-refractivity contribution in [1.82, 2.24) is 0 Å². The number of ether oxygens (including phenoxy) is 4. The van der Waals surface area contributed by atoms with Gasteiger partial charge in [0.2, 0.25) is 0 Å². The molecule has 0 aliphatic heterocycles. The molecule has 3 fully saturated rings. The van der Waals surface area contributed by atoms with Crippen LogP contribution in [0.1, 0.15) is 176 Å². The molecule has 6 aromatic rings. The van der Waals surface area contributed by atoms with Gasteiger partial charge in [-0.2, -0.15) is 0 Å². The minimum Gasteiger partial charge on any atom is -0.494 e. The van der Waals surface area contributed by atoms with Crippen LogP contribution in [0.15, 0.2) is 146 Å². The first kappa shape index (κ1) is 53.3. The maximum atomic E-state index is 5.87. The number of hydrogen-bond donors (Lipinski definition) is 0. The third-order valence-electron chi connectivity index (χ3n) is 15.3. The largest absolute Gasteiger partial charge is 0.494 e. The van der Waals surface area contributed by atoms with Crippen molar-refractivity contribution in [3.63, 3.8) is 0 Å². The standard InChI is InChI=1S/C25H34O2.C23H30O2.C19H22/c1-19(2)17-26-23-11-7-21(8-12-23)25(15-5-6-16-25)22-9-13-24(14-10-22)27-18-20(3)4;1-3-17-24-21-11-7-19(8-12-21)23(15-5-6-16-23)20-9-13-22(14-10-20)25-18-4-2;1-15-5-9-17(10-6-15)19(13-3-4-14-19)18-11-7-16(2)8-12-18/h7-14,19-20H,5-6,15-18H2,1-4H3;7-14H,3-6,15-18H2,1-2H3;5-12H,3-4,13-14H2,1-2H3. The Bertz CT molecular complexity index is 2270. The molecular weight excluding hydrogens is 869 g/mol. The minimum atomic E-state index is 0.132. The van der Waals surface area contributed by atoms with Crippen LogP contribution in [0.5, 0.6) is 23.0 Å². The van der Waals surface area contributed by atoms with Crippen LogP contribution in [-0.4, -0.2) is 26.4 Å². The second kappa shape index (κ2) is 25.8. The van der Waals surface area contributed by atoms with Crippen molar-refractivity contribution in [1.29, 1.82) is 0 Å². The number of hydrogen-bond acceptors (Lipinski definition) is 4. The zero-order valence-corrected chi connectivity index (χ0v) is 44.9. The van der Waals surface area contributed by atoms with Crippen LogP contribution in [0.25, 0.3) is 0 Å². The monoisotopic (exact) mass is 955 g/mol. The fraction of sp³-hybridized carbons (Fsp3) is 0.463. The molecule has 0 bridgehead atoms. The van der Waals surface area contributed by atoms with Gasteiger partial charge in [-0.3, -0.25) is 0 Å². The van der Waals surface area contributed by atoms with Crippen molar-refractivity contribution in [3.8, 4) is 23.0 Å². The van der Waals surface area contributed by atoms with E-state index in [9.17, 15) is 0 Å². The molecule has 0 atom stereocenters. The molecule has 6 aromatic carbocycles. The predicted octanol–water partition coefficient (Wildman–Crippen LogP) is 17.9. The molecular formula is C67H86O4. The SMILES string of the molecule is CC(C)COc1ccc(C2(c3ccc(OCC(C)C)cc3)CCCC2)cc1.CCCOc1ccc(C2(c3ccc(OCCC)cc3)CCCC2)cc1.Cc1ccc(C2(c3ccc(C)cc3)CCCC2)cc1. The van der Waals surface area contributed by atoms with Crippen LogP contribution < -0.4 is 18.9 Å². The molecule has 3 aliphatic carbocycles. The molecule has 378 valence electrons. The lowest BCUT2D eigenvalue weighted by Gasteiger charge is -2.31. The molecule has 3 aliphatic rings. The van der Waals surface area contributed by atoms with Crippen LogP contribution in [0.3, 0.4) is 0 Å². The van der Waals surface area contributed by atoms with Gasteiger partial charge in [-0.1, -0.05) is 188 Å². The molecule has 0 spiro atoms. The third kappa shape index (κ3) is 13.7. The van der Waals surface area contributed by atoms with Gasteiger partial charge in [0.25, 0.3) is 0 Å². The molecule has 0 radical (unpaired) electrons. The topological polar surface area (TPSA) is 36.9 Å². The zero-order valence-electron chi connectivity index (χ0n) is 44.9. The molecule has 0 heterocycles. The maximum absolute atomic E-state index is 5.87. The molecule has 0 saturated heterocycles. The van der Waals surface area contributed by atoms with Gasteiger partial charge in [-0.05, 0) is 159 Å². The smallest absolute Gasteiger partial charge is 0.119 e. The molecule has 71 heavy (non-hydrogen) atoms. The van der Waals surface area contributed by atoms with E-state index in [1.165, 1.54) is 122 Å². The van der Waals surface area contributed by atoms with Crippen LogP contribution in [0.2, 0.25) is 0 Å². The first-order chi connectivity index (χ1) is 34.5. The molecule has 3 saturated carbocycles. The summed E-state index contributed by atoms with van der Waals surface area (Å²) >= 11 is 0. The first-order valence-corrected chi connectivity index (χ1v) is 27.6. The van der Waals surface area contributed by atoms with Crippen LogP contribution >= 0.6 is 0 Å². The Morgan fingerprint density at radius 3 is 0.746 bits per heavy atom. The average molecular weight is 955 g/mol. The van der Waals surface area contributed by atoms with Crippen molar-refractivity contribution in [2.45, 2.75) is 162 Å². The molecule has 9 rings (SSSR count). The van der Waals surface area contributed by atoms with Crippen LogP contribution in [0.4, 0.5) is 0 Å². The van der Waals surface area contributed by atoms with E-state index in [0.717, 1.165) is 62.3 Å². The molecule has 4 nitrogen and oxygen atoms in total. The quantitative estimate of drug-likeness (QED) is 0.0860. The van der Waals surface area contributed by atoms with E-state index in [-0.39, 0.29) is 16.2 Å². The second-order valence-electron chi connectivity index (χ2n) is 21.8. The lowest BCUT2D eigenvalue weighted by molar-refractivity contribution is 0.270. The molecule has 0 amide bonds. The van der Waals surface area contributed by atoms with Crippen LogP contribution in [0, 0.1) is 25.7 Å². The first-order valence-electron chi connectivity index (χ1n) is 27.6. The highest BCUT2D eigenvalue weighted by Crippen LogP contribution is 2.49. The van der Waals surface area contributed by atoms with Crippen molar-refractivity contribution >= 4 is 0 Å². The van der Waals surface area contributed by atoms with Crippen molar-refractivity contribution in [2.75, 3.05) is 26.4 Å². The van der Waals surface area contributed by atoms with Gasteiger partial charge in [-0.25, -0.2) is 0 Å². The number of benzene rings is 6.